The van der Waals surface area contributed by atoms with Crippen molar-refractivity contribution in [1.29, 1.82) is 0 Å². The van der Waals surface area contributed by atoms with Gasteiger partial charge in [-0.1, -0.05) is 11.6 Å². The van der Waals surface area contributed by atoms with Gasteiger partial charge in [-0.3, -0.25) is 4.79 Å². The summed E-state index contributed by atoms with van der Waals surface area (Å²) in [6.07, 6.45) is -0.658. The summed E-state index contributed by atoms with van der Waals surface area (Å²) in [6.45, 7) is 5.47. The van der Waals surface area contributed by atoms with Gasteiger partial charge >= 0.3 is 0 Å². The molecule has 0 saturated carbocycles. The molecule has 140 valence electrons. The van der Waals surface area contributed by atoms with Crippen molar-refractivity contribution < 1.29 is 19.0 Å². The molecule has 0 fully saturated rings. The smallest absolute Gasteiger partial charge is 0.261 e. The van der Waals surface area contributed by atoms with Crippen molar-refractivity contribution >= 4 is 17.5 Å². The van der Waals surface area contributed by atoms with Crippen molar-refractivity contribution in [3.8, 4) is 17.2 Å². The van der Waals surface area contributed by atoms with E-state index in [0.29, 0.717) is 22.3 Å². The van der Waals surface area contributed by atoms with Crippen LogP contribution in [0.25, 0.3) is 0 Å². The highest BCUT2D eigenvalue weighted by atomic mass is 35.5. The van der Waals surface area contributed by atoms with Gasteiger partial charge in [0.15, 0.2) is 6.10 Å². The lowest BCUT2D eigenvalue weighted by Gasteiger charge is -2.21. The lowest BCUT2D eigenvalue weighted by atomic mass is 10.1. The van der Waals surface area contributed by atoms with Crippen LogP contribution in [0.3, 0.4) is 0 Å². The molecule has 0 aliphatic carbocycles. The molecule has 2 aromatic carbocycles. The van der Waals surface area contributed by atoms with E-state index in [1.165, 1.54) is 0 Å². The molecule has 2 atom stereocenters. The van der Waals surface area contributed by atoms with Crippen LogP contribution in [0.4, 0.5) is 0 Å². The zero-order chi connectivity index (χ0) is 19.3. The molecule has 0 aliphatic heterocycles. The van der Waals surface area contributed by atoms with Gasteiger partial charge in [0.25, 0.3) is 5.91 Å². The standard InChI is InChI=1S/C20H24ClNO4/c1-12-10-16(6-8-18(12)21)26-14(3)20(23)22-13(2)17-11-15(24-4)7-9-19(17)25-5/h6-11,13-14H,1-5H3,(H,22,23). The number of rotatable bonds is 7. The molecule has 0 radical (unpaired) electrons. The van der Waals surface area contributed by atoms with Crippen LogP contribution in [0, 0.1) is 6.92 Å². The van der Waals surface area contributed by atoms with Crippen molar-refractivity contribution in [3.63, 3.8) is 0 Å². The summed E-state index contributed by atoms with van der Waals surface area (Å²) in [4.78, 5) is 12.5. The highest BCUT2D eigenvalue weighted by Crippen LogP contribution is 2.29. The van der Waals surface area contributed by atoms with E-state index >= 15 is 0 Å². The molecule has 0 aliphatic rings. The van der Waals surface area contributed by atoms with E-state index in [0.717, 1.165) is 11.1 Å². The van der Waals surface area contributed by atoms with E-state index in [4.69, 9.17) is 25.8 Å². The van der Waals surface area contributed by atoms with Gasteiger partial charge in [-0.15, -0.1) is 0 Å². The van der Waals surface area contributed by atoms with Crippen LogP contribution in [-0.2, 0) is 4.79 Å². The monoisotopic (exact) mass is 377 g/mol. The van der Waals surface area contributed by atoms with Gasteiger partial charge in [0.1, 0.15) is 17.2 Å². The third-order valence-electron chi connectivity index (χ3n) is 4.07. The average molecular weight is 378 g/mol. The molecule has 1 N–H and O–H groups in total. The van der Waals surface area contributed by atoms with E-state index in [-0.39, 0.29) is 11.9 Å². The van der Waals surface area contributed by atoms with Crippen LogP contribution < -0.4 is 19.5 Å². The van der Waals surface area contributed by atoms with Crippen LogP contribution in [0.15, 0.2) is 36.4 Å². The summed E-state index contributed by atoms with van der Waals surface area (Å²) in [5, 5.41) is 3.60. The summed E-state index contributed by atoms with van der Waals surface area (Å²) >= 11 is 6.01. The second kappa shape index (κ2) is 8.81. The predicted octanol–water partition coefficient (Wildman–Crippen LogP) is 4.31. The van der Waals surface area contributed by atoms with Gasteiger partial charge in [0.2, 0.25) is 0 Å². The van der Waals surface area contributed by atoms with Crippen molar-refractivity contribution in [2.45, 2.75) is 32.9 Å². The topological polar surface area (TPSA) is 56.8 Å². The zero-order valence-corrected chi connectivity index (χ0v) is 16.4. The van der Waals surface area contributed by atoms with Crippen molar-refractivity contribution in [3.05, 3.63) is 52.5 Å². The summed E-state index contributed by atoms with van der Waals surface area (Å²) in [5.41, 5.74) is 1.72. The highest BCUT2D eigenvalue weighted by Gasteiger charge is 2.20. The number of hydrogen-bond acceptors (Lipinski definition) is 4. The summed E-state index contributed by atoms with van der Waals surface area (Å²) in [5.74, 6) is 1.75. The minimum atomic E-state index is -0.658. The molecule has 0 spiro atoms. The largest absolute Gasteiger partial charge is 0.497 e. The second-order valence-electron chi connectivity index (χ2n) is 6.01. The fourth-order valence-electron chi connectivity index (χ4n) is 2.53. The molecule has 2 unspecified atom stereocenters. The second-order valence-corrected chi connectivity index (χ2v) is 6.42. The number of carbonyl (C=O) groups is 1. The van der Waals surface area contributed by atoms with Gasteiger partial charge in [0, 0.05) is 10.6 Å². The Morgan fingerprint density at radius 1 is 1.04 bits per heavy atom. The number of carbonyl (C=O) groups excluding carboxylic acids is 1. The number of ether oxygens (including phenoxy) is 3. The molecule has 6 heteroatoms. The van der Waals surface area contributed by atoms with Crippen molar-refractivity contribution in [1.82, 2.24) is 5.32 Å². The normalized spacial score (nSPS) is 12.8. The average Bonchev–Trinajstić information content (AvgIpc) is 2.63. The minimum absolute atomic E-state index is 0.227. The Kier molecular flexibility index (Phi) is 6.75. The van der Waals surface area contributed by atoms with E-state index in [1.54, 1.807) is 39.3 Å². The first-order chi connectivity index (χ1) is 12.3. The number of nitrogens with one attached hydrogen (secondary N) is 1. The van der Waals surface area contributed by atoms with E-state index < -0.39 is 6.10 Å². The molecular formula is C20H24ClNO4. The Labute approximate surface area is 159 Å². The molecule has 0 bridgehead atoms. The first-order valence-electron chi connectivity index (χ1n) is 8.30. The lowest BCUT2D eigenvalue weighted by Crippen LogP contribution is -2.37. The van der Waals surface area contributed by atoms with E-state index in [9.17, 15) is 4.79 Å². The van der Waals surface area contributed by atoms with Crippen LogP contribution >= 0.6 is 11.6 Å². The van der Waals surface area contributed by atoms with Crippen LogP contribution in [-0.4, -0.2) is 26.2 Å². The number of aryl methyl sites for hydroxylation is 1. The van der Waals surface area contributed by atoms with Crippen LogP contribution in [0.1, 0.15) is 31.0 Å². The summed E-state index contributed by atoms with van der Waals surface area (Å²) < 4.78 is 16.4. The molecule has 0 aromatic heterocycles. The molecule has 2 rings (SSSR count). The van der Waals surface area contributed by atoms with Crippen LogP contribution in [0.2, 0.25) is 5.02 Å². The maximum atomic E-state index is 12.5. The first-order valence-corrected chi connectivity index (χ1v) is 8.68. The van der Waals surface area contributed by atoms with Gasteiger partial charge < -0.3 is 19.5 Å². The first kappa shape index (κ1) is 19.9. The molecule has 5 nitrogen and oxygen atoms in total. The Hall–Kier alpha value is -2.40. The predicted molar refractivity (Wildman–Crippen MR) is 102 cm³/mol. The fraction of sp³-hybridized carbons (Fsp3) is 0.350. The Balaban J connectivity index is 2.07. The third-order valence-corrected chi connectivity index (χ3v) is 4.50. The van der Waals surface area contributed by atoms with Gasteiger partial charge in [0.05, 0.1) is 20.3 Å². The molecule has 0 heterocycles. The number of methoxy groups -OCH3 is 2. The van der Waals surface area contributed by atoms with Crippen LogP contribution in [0.5, 0.6) is 17.2 Å². The van der Waals surface area contributed by atoms with Gasteiger partial charge in [-0.25, -0.2) is 0 Å². The Morgan fingerprint density at radius 2 is 1.73 bits per heavy atom. The minimum Gasteiger partial charge on any atom is -0.497 e. The van der Waals surface area contributed by atoms with Gasteiger partial charge in [-0.05, 0) is 62.7 Å². The maximum absolute atomic E-state index is 12.5. The number of amides is 1. The quantitative estimate of drug-likeness (QED) is 0.781. The summed E-state index contributed by atoms with van der Waals surface area (Å²) in [6, 6.07) is 10.5. The van der Waals surface area contributed by atoms with Crippen molar-refractivity contribution in [2.24, 2.45) is 0 Å². The fourth-order valence-corrected chi connectivity index (χ4v) is 2.65. The lowest BCUT2D eigenvalue weighted by molar-refractivity contribution is -0.127. The molecular weight excluding hydrogens is 354 g/mol. The number of hydrogen-bond donors (Lipinski definition) is 1. The molecule has 2 aromatic rings. The maximum Gasteiger partial charge on any atom is 0.261 e. The van der Waals surface area contributed by atoms with Crippen molar-refractivity contribution in [2.75, 3.05) is 14.2 Å². The van der Waals surface area contributed by atoms with Gasteiger partial charge in [-0.2, -0.15) is 0 Å². The molecule has 26 heavy (non-hydrogen) atoms. The number of benzene rings is 2. The summed E-state index contributed by atoms with van der Waals surface area (Å²) in [7, 11) is 3.19. The van der Waals surface area contributed by atoms with E-state index in [2.05, 4.69) is 5.32 Å². The van der Waals surface area contributed by atoms with E-state index in [1.807, 2.05) is 32.0 Å². The highest BCUT2D eigenvalue weighted by molar-refractivity contribution is 6.31. The molecule has 0 saturated heterocycles. The Morgan fingerprint density at radius 3 is 2.35 bits per heavy atom. The third kappa shape index (κ3) is 4.82. The zero-order valence-electron chi connectivity index (χ0n) is 15.6. The SMILES string of the molecule is COc1ccc(OC)c(C(C)NC(=O)C(C)Oc2ccc(Cl)c(C)c2)c1. The molecule has 1 amide bonds. The Bertz CT molecular complexity index is 778. The number of halogens is 1.